The Morgan fingerprint density at radius 2 is 2.06 bits per heavy atom. The molecule has 0 aromatic rings. The highest BCUT2D eigenvalue weighted by molar-refractivity contribution is 4.85. The van der Waals surface area contributed by atoms with Crippen LogP contribution in [0.2, 0.25) is 0 Å². The number of nitrogens with zero attached hydrogens (tertiary/aromatic N) is 1. The van der Waals surface area contributed by atoms with Crippen molar-refractivity contribution in [2.24, 2.45) is 17.1 Å². The first kappa shape index (κ1) is 13.9. The first-order chi connectivity index (χ1) is 7.34. The van der Waals surface area contributed by atoms with Crippen LogP contribution in [0.25, 0.3) is 0 Å². The molecule has 3 unspecified atom stereocenters. The van der Waals surface area contributed by atoms with Gasteiger partial charge in [-0.2, -0.15) is 0 Å². The van der Waals surface area contributed by atoms with Gasteiger partial charge in [0, 0.05) is 26.2 Å². The lowest BCUT2D eigenvalue weighted by Crippen LogP contribution is -2.51. The highest BCUT2D eigenvalue weighted by atomic mass is 16.5. The van der Waals surface area contributed by atoms with E-state index in [1.165, 1.54) is 6.42 Å². The van der Waals surface area contributed by atoms with Gasteiger partial charge in [-0.25, -0.2) is 0 Å². The summed E-state index contributed by atoms with van der Waals surface area (Å²) in [5, 5.41) is 0. The number of ether oxygens (including phenoxy) is 1. The quantitative estimate of drug-likeness (QED) is 0.799. The van der Waals surface area contributed by atoms with Gasteiger partial charge in [-0.05, 0) is 24.3 Å². The first-order valence-electron chi connectivity index (χ1n) is 6.35. The van der Waals surface area contributed by atoms with Crippen LogP contribution in [0, 0.1) is 11.3 Å². The Bertz CT molecular complexity index is 212. The van der Waals surface area contributed by atoms with Gasteiger partial charge in [0.05, 0.1) is 6.10 Å². The molecule has 0 aliphatic carbocycles. The lowest BCUT2D eigenvalue weighted by molar-refractivity contribution is -0.00952. The van der Waals surface area contributed by atoms with Gasteiger partial charge in [0.1, 0.15) is 0 Å². The summed E-state index contributed by atoms with van der Waals surface area (Å²) in [6.07, 6.45) is 1.59. The number of likely N-dealkylation sites (tertiary alicyclic amines) is 1. The molecule has 0 saturated carbocycles. The fraction of sp³-hybridized carbons (Fsp3) is 1.00. The van der Waals surface area contributed by atoms with Crippen LogP contribution in [0.5, 0.6) is 0 Å². The number of hydrogen-bond acceptors (Lipinski definition) is 3. The third kappa shape index (κ3) is 3.72. The Morgan fingerprint density at radius 3 is 2.56 bits per heavy atom. The van der Waals surface area contributed by atoms with Crippen molar-refractivity contribution in [3.05, 3.63) is 0 Å². The van der Waals surface area contributed by atoms with Crippen molar-refractivity contribution in [1.29, 1.82) is 0 Å². The zero-order valence-corrected chi connectivity index (χ0v) is 11.5. The second-order valence-corrected chi connectivity index (χ2v) is 6.27. The largest absolute Gasteiger partial charge is 0.380 e. The van der Waals surface area contributed by atoms with Crippen molar-refractivity contribution >= 4 is 0 Å². The Labute approximate surface area is 100 Å². The molecule has 2 N–H and O–H groups in total. The molecule has 3 nitrogen and oxygen atoms in total. The van der Waals surface area contributed by atoms with Crippen molar-refractivity contribution in [3.63, 3.8) is 0 Å². The van der Waals surface area contributed by atoms with Gasteiger partial charge in [0.15, 0.2) is 0 Å². The fourth-order valence-corrected chi connectivity index (χ4v) is 2.12. The first-order valence-corrected chi connectivity index (χ1v) is 6.35. The van der Waals surface area contributed by atoms with Crippen LogP contribution < -0.4 is 5.73 Å². The zero-order valence-electron chi connectivity index (χ0n) is 11.5. The highest BCUT2D eigenvalue weighted by Crippen LogP contribution is 2.22. The topological polar surface area (TPSA) is 38.5 Å². The highest BCUT2D eigenvalue weighted by Gasteiger charge is 2.29. The average molecular weight is 228 g/mol. The van der Waals surface area contributed by atoms with E-state index >= 15 is 0 Å². The van der Waals surface area contributed by atoms with Gasteiger partial charge in [-0.3, -0.25) is 4.90 Å². The molecule has 1 aliphatic heterocycles. The smallest absolute Gasteiger partial charge is 0.0724 e. The summed E-state index contributed by atoms with van der Waals surface area (Å²) in [4.78, 5) is 2.45. The predicted octanol–water partition coefficient (Wildman–Crippen LogP) is 1.72. The summed E-state index contributed by atoms with van der Waals surface area (Å²) in [7, 11) is 1.81. The molecule has 0 bridgehead atoms. The van der Waals surface area contributed by atoms with Gasteiger partial charge >= 0.3 is 0 Å². The SMILES string of the molecule is COC1CN(CC(N)C(C)(C)C)CCC1C. The maximum atomic E-state index is 6.22. The van der Waals surface area contributed by atoms with Crippen molar-refractivity contribution in [2.75, 3.05) is 26.7 Å². The number of methoxy groups -OCH3 is 1. The Balaban J connectivity index is 2.44. The van der Waals surface area contributed by atoms with Crippen LogP contribution in [0.4, 0.5) is 0 Å². The second-order valence-electron chi connectivity index (χ2n) is 6.27. The van der Waals surface area contributed by atoms with Gasteiger partial charge in [0.25, 0.3) is 0 Å². The summed E-state index contributed by atoms with van der Waals surface area (Å²) in [6.45, 7) is 12.1. The van der Waals surface area contributed by atoms with E-state index in [-0.39, 0.29) is 11.5 Å². The van der Waals surface area contributed by atoms with Crippen LogP contribution in [0.1, 0.15) is 34.1 Å². The standard InChI is InChI=1S/C13H28N2O/c1-10-6-7-15(8-11(10)16-5)9-12(14)13(2,3)4/h10-12H,6-9,14H2,1-5H3. The monoisotopic (exact) mass is 228 g/mol. The zero-order chi connectivity index (χ0) is 12.3. The van der Waals surface area contributed by atoms with Crippen LogP contribution in [0.3, 0.4) is 0 Å². The average Bonchev–Trinajstić information content (AvgIpc) is 2.19. The molecule has 0 aromatic carbocycles. The van der Waals surface area contributed by atoms with Gasteiger partial charge in [0.2, 0.25) is 0 Å². The number of rotatable bonds is 3. The van der Waals surface area contributed by atoms with Crippen molar-refractivity contribution in [2.45, 2.75) is 46.3 Å². The minimum atomic E-state index is 0.186. The normalized spacial score (nSPS) is 30.4. The molecule has 0 amide bonds. The van der Waals surface area contributed by atoms with Crippen LogP contribution in [-0.4, -0.2) is 43.8 Å². The third-order valence-corrected chi connectivity index (χ3v) is 3.84. The molecule has 1 fully saturated rings. The molecule has 1 saturated heterocycles. The number of piperidine rings is 1. The Morgan fingerprint density at radius 1 is 1.44 bits per heavy atom. The van der Waals surface area contributed by atoms with Crippen LogP contribution >= 0.6 is 0 Å². The molecule has 16 heavy (non-hydrogen) atoms. The summed E-state index contributed by atoms with van der Waals surface area (Å²) in [5.41, 5.74) is 6.41. The van der Waals surface area contributed by atoms with E-state index in [2.05, 4.69) is 32.6 Å². The molecule has 0 spiro atoms. The van der Waals surface area contributed by atoms with E-state index in [4.69, 9.17) is 10.5 Å². The molecule has 0 radical (unpaired) electrons. The van der Waals surface area contributed by atoms with Crippen molar-refractivity contribution < 1.29 is 4.74 Å². The molecular weight excluding hydrogens is 200 g/mol. The van der Waals surface area contributed by atoms with E-state index in [1.54, 1.807) is 0 Å². The molecule has 1 heterocycles. The molecule has 1 aliphatic rings. The maximum absolute atomic E-state index is 6.22. The lowest BCUT2D eigenvalue weighted by Gasteiger charge is -2.39. The number of hydrogen-bond donors (Lipinski definition) is 1. The predicted molar refractivity (Wildman–Crippen MR) is 68.4 cm³/mol. The molecule has 96 valence electrons. The molecule has 3 atom stereocenters. The van der Waals surface area contributed by atoms with E-state index in [9.17, 15) is 0 Å². The third-order valence-electron chi connectivity index (χ3n) is 3.84. The molecule has 0 aromatic heterocycles. The second kappa shape index (κ2) is 5.48. The Hall–Kier alpha value is -0.120. The minimum absolute atomic E-state index is 0.186. The molecule has 3 heteroatoms. The molecule has 1 rings (SSSR count). The van der Waals surface area contributed by atoms with Crippen LogP contribution in [-0.2, 0) is 4.74 Å². The van der Waals surface area contributed by atoms with Crippen LogP contribution in [0.15, 0.2) is 0 Å². The van der Waals surface area contributed by atoms with Gasteiger partial charge in [-0.1, -0.05) is 27.7 Å². The van der Waals surface area contributed by atoms with Crippen molar-refractivity contribution in [3.8, 4) is 0 Å². The summed E-state index contributed by atoms with van der Waals surface area (Å²) < 4.78 is 5.52. The fourth-order valence-electron chi connectivity index (χ4n) is 2.12. The van der Waals surface area contributed by atoms with E-state index in [0.29, 0.717) is 12.0 Å². The molecular formula is C13H28N2O. The number of nitrogens with two attached hydrogens (primary N) is 1. The van der Waals surface area contributed by atoms with E-state index < -0.39 is 0 Å². The van der Waals surface area contributed by atoms with E-state index in [0.717, 1.165) is 19.6 Å². The summed E-state index contributed by atoms with van der Waals surface area (Å²) >= 11 is 0. The minimum Gasteiger partial charge on any atom is -0.380 e. The van der Waals surface area contributed by atoms with Crippen molar-refractivity contribution in [1.82, 2.24) is 4.90 Å². The van der Waals surface area contributed by atoms with E-state index in [1.807, 2.05) is 7.11 Å². The summed E-state index contributed by atoms with van der Waals surface area (Å²) in [6, 6.07) is 0.235. The Kier molecular flexibility index (Phi) is 4.77. The van der Waals surface area contributed by atoms with Gasteiger partial charge in [-0.15, -0.1) is 0 Å². The lowest BCUT2D eigenvalue weighted by atomic mass is 9.86. The maximum Gasteiger partial charge on any atom is 0.0724 e. The summed E-state index contributed by atoms with van der Waals surface area (Å²) in [5.74, 6) is 0.673. The van der Waals surface area contributed by atoms with Gasteiger partial charge < -0.3 is 10.5 Å².